The normalized spacial score (nSPS) is 21.7. The van der Waals surface area contributed by atoms with E-state index < -0.39 is 9.84 Å². The zero-order valence-corrected chi connectivity index (χ0v) is 15.9. The van der Waals surface area contributed by atoms with Gasteiger partial charge in [0.05, 0.1) is 10.6 Å². The van der Waals surface area contributed by atoms with E-state index in [0.717, 1.165) is 24.8 Å². The predicted molar refractivity (Wildman–Crippen MR) is 102 cm³/mol. The van der Waals surface area contributed by atoms with Crippen molar-refractivity contribution in [2.45, 2.75) is 49.1 Å². The molecule has 0 aromatic heterocycles. The Bertz CT molecular complexity index is 881. The van der Waals surface area contributed by atoms with Crippen molar-refractivity contribution in [2.24, 2.45) is 0 Å². The van der Waals surface area contributed by atoms with Gasteiger partial charge in [0.15, 0.2) is 9.84 Å². The molecule has 3 N–H and O–H groups in total. The number of nitrogens with two attached hydrogens (primary N) is 1. The second kappa shape index (κ2) is 7.37. The van der Waals surface area contributed by atoms with Gasteiger partial charge < -0.3 is 11.1 Å². The lowest BCUT2D eigenvalue weighted by Gasteiger charge is -2.20. The monoisotopic (exact) mass is 376 g/mol. The van der Waals surface area contributed by atoms with E-state index in [9.17, 15) is 12.8 Å². The average molecular weight is 376 g/mol. The summed E-state index contributed by atoms with van der Waals surface area (Å²) in [5.74, 6) is 0.0334. The Kier molecular flexibility index (Phi) is 5.34. The van der Waals surface area contributed by atoms with Crippen molar-refractivity contribution < 1.29 is 12.8 Å². The minimum atomic E-state index is -3.16. The minimum absolute atomic E-state index is 0.0919. The van der Waals surface area contributed by atoms with Crippen LogP contribution in [0.1, 0.15) is 49.3 Å². The molecule has 1 saturated carbocycles. The molecule has 0 amide bonds. The Balaban J connectivity index is 1.62. The lowest BCUT2D eigenvalue weighted by Crippen LogP contribution is -2.29. The molecule has 2 aromatic carbocycles. The minimum Gasteiger partial charge on any atom is -0.396 e. The molecule has 0 radical (unpaired) electrons. The summed E-state index contributed by atoms with van der Waals surface area (Å²) in [5, 5.41) is 3.60. The first-order valence-corrected chi connectivity index (χ1v) is 10.7. The summed E-state index contributed by atoms with van der Waals surface area (Å²) in [4.78, 5) is 0.358. The van der Waals surface area contributed by atoms with E-state index in [1.165, 1.54) is 17.9 Å². The van der Waals surface area contributed by atoms with E-state index in [1.54, 1.807) is 24.3 Å². The van der Waals surface area contributed by atoms with Gasteiger partial charge in [0.2, 0.25) is 0 Å². The third kappa shape index (κ3) is 4.24. The molecule has 1 fully saturated rings. The summed E-state index contributed by atoms with van der Waals surface area (Å²) in [5.41, 5.74) is 7.99. The van der Waals surface area contributed by atoms with Crippen LogP contribution in [-0.2, 0) is 9.84 Å². The number of halogens is 1. The molecular weight excluding hydrogens is 351 g/mol. The van der Waals surface area contributed by atoms with E-state index in [1.807, 2.05) is 12.1 Å². The topological polar surface area (TPSA) is 72.2 Å². The Morgan fingerprint density at radius 1 is 1.15 bits per heavy atom. The molecule has 0 bridgehead atoms. The van der Waals surface area contributed by atoms with Gasteiger partial charge >= 0.3 is 0 Å². The highest BCUT2D eigenvalue weighted by molar-refractivity contribution is 7.90. The molecule has 0 saturated heterocycles. The van der Waals surface area contributed by atoms with Crippen molar-refractivity contribution in [2.75, 3.05) is 12.0 Å². The van der Waals surface area contributed by atoms with Crippen LogP contribution in [0.3, 0.4) is 0 Å². The van der Waals surface area contributed by atoms with Crippen molar-refractivity contribution in [1.29, 1.82) is 0 Å². The number of nitrogens with one attached hydrogen (secondary N) is 1. The van der Waals surface area contributed by atoms with Crippen LogP contribution in [0.15, 0.2) is 47.4 Å². The van der Waals surface area contributed by atoms with Crippen molar-refractivity contribution in [3.63, 3.8) is 0 Å². The first-order chi connectivity index (χ1) is 12.2. The molecule has 26 heavy (non-hydrogen) atoms. The van der Waals surface area contributed by atoms with Crippen LogP contribution >= 0.6 is 0 Å². The van der Waals surface area contributed by atoms with E-state index >= 15 is 0 Å². The van der Waals surface area contributed by atoms with Crippen molar-refractivity contribution in [3.05, 3.63) is 59.4 Å². The molecule has 0 heterocycles. The van der Waals surface area contributed by atoms with Gasteiger partial charge in [-0.15, -0.1) is 0 Å². The maximum Gasteiger partial charge on any atom is 0.175 e. The van der Waals surface area contributed by atoms with Crippen molar-refractivity contribution in [3.8, 4) is 0 Å². The lowest BCUT2D eigenvalue weighted by molar-refractivity contribution is 0.457. The van der Waals surface area contributed by atoms with Crippen LogP contribution in [0.25, 0.3) is 0 Å². The second-order valence-electron chi connectivity index (χ2n) is 7.22. The zero-order chi connectivity index (χ0) is 18.9. The lowest BCUT2D eigenvalue weighted by atomic mass is 9.97. The largest absolute Gasteiger partial charge is 0.396 e. The Hall–Kier alpha value is -1.92. The second-order valence-corrected chi connectivity index (χ2v) is 9.23. The quantitative estimate of drug-likeness (QED) is 0.779. The molecule has 3 unspecified atom stereocenters. The third-order valence-corrected chi connectivity index (χ3v) is 6.35. The van der Waals surface area contributed by atoms with E-state index in [4.69, 9.17) is 5.73 Å². The van der Waals surface area contributed by atoms with Gasteiger partial charge in [-0.05, 0) is 67.5 Å². The van der Waals surface area contributed by atoms with E-state index in [0.29, 0.717) is 16.9 Å². The molecule has 140 valence electrons. The molecule has 1 aliphatic rings. The molecular formula is C20H25FN2O2S. The van der Waals surface area contributed by atoms with Crippen molar-refractivity contribution >= 4 is 15.5 Å². The van der Waals surface area contributed by atoms with Gasteiger partial charge in [0, 0.05) is 18.3 Å². The summed E-state index contributed by atoms with van der Waals surface area (Å²) in [7, 11) is -3.16. The third-order valence-electron chi connectivity index (χ3n) is 5.22. The van der Waals surface area contributed by atoms with Crippen LogP contribution in [0.5, 0.6) is 0 Å². The molecule has 3 rings (SSSR count). The smallest absolute Gasteiger partial charge is 0.175 e. The zero-order valence-electron chi connectivity index (χ0n) is 15.1. The number of benzene rings is 2. The number of sulfone groups is 1. The number of hydrogen-bond donors (Lipinski definition) is 2. The number of anilines is 1. The standard InChI is InChI=1S/C20H25FN2O2S/c1-13(15-6-10-19(21)20(22)12-15)23-17-7-3-16(11-17)14-4-8-18(9-5-14)26(2,24)25/h4-6,8-10,12-13,16-17,23H,3,7,11,22H2,1-2H3. The van der Waals surface area contributed by atoms with Gasteiger partial charge in [0.25, 0.3) is 0 Å². The maximum atomic E-state index is 13.3. The van der Waals surface area contributed by atoms with Crippen LogP contribution in [-0.4, -0.2) is 20.7 Å². The fourth-order valence-corrected chi connectivity index (χ4v) is 4.33. The molecule has 1 aliphatic carbocycles. The Morgan fingerprint density at radius 2 is 1.85 bits per heavy atom. The summed E-state index contributed by atoms with van der Waals surface area (Å²) in [6, 6.07) is 12.5. The van der Waals surface area contributed by atoms with Crippen LogP contribution < -0.4 is 11.1 Å². The first-order valence-electron chi connectivity index (χ1n) is 8.85. The van der Waals surface area contributed by atoms with Crippen LogP contribution in [0, 0.1) is 5.82 Å². The highest BCUT2D eigenvalue weighted by Gasteiger charge is 2.27. The summed E-state index contributed by atoms with van der Waals surface area (Å²) in [6.07, 6.45) is 4.34. The molecule has 4 nitrogen and oxygen atoms in total. The Morgan fingerprint density at radius 3 is 2.46 bits per heavy atom. The summed E-state index contributed by atoms with van der Waals surface area (Å²) in [6.45, 7) is 2.06. The fraction of sp³-hybridized carbons (Fsp3) is 0.400. The fourth-order valence-electron chi connectivity index (χ4n) is 3.70. The van der Waals surface area contributed by atoms with E-state index in [2.05, 4.69) is 12.2 Å². The van der Waals surface area contributed by atoms with E-state index in [-0.39, 0.29) is 17.5 Å². The molecule has 6 heteroatoms. The SMILES string of the molecule is CC(NC1CCC(c2ccc(S(C)(=O)=O)cc2)C1)c1ccc(F)c(N)c1. The van der Waals surface area contributed by atoms with Crippen LogP contribution in [0.2, 0.25) is 0 Å². The first kappa shape index (κ1) is 18.9. The molecule has 3 atom stereocenters. The van der Waals surface area contributed by atoms with Gasteiger partial charge in [-0.3, -0.25) is 0 Å². The Labute approximate surface area is 154 Å². The summed E-state index contributed by atoms with van der Waals surface area (Å²) < 4.78 is 36.5. The van der Waals surface area contributed by atoms with Crippen molar-refractivity contribution in [1.82, 2.24) is 5.32 Å². The summed E-state index contributed by atoms with van der Waals surface area (Å²) >= 11 is 0. The average Bonchev–Trinajstić information content (AvgIpc) is 3.05. The molecule has 2 aromatic rings. The van der Waals surface area contributed by atoms with Gasteiger partial charge in [-0.25, -0.2) is 12.8 Å². The number of nitrogen functional groups attached to an aromatic ring is 1. The number of hydrogen-bond acceptors (Lipinski definition) is 4. The highest BCUT2D eigenvalue weighted by Crippen LogP contribution is 2.36. The molecule has 0 aliphatic heterocycles. The highest BCUT2D eigenvalue weighted by atomic mass is 32.2. The molecule has 0 spiro atoms. The maximum absolute atomic E-state index is 13.3. The van der Waals surface area contributed by atoms with Gasteiger partial charge in [-0.1, -0.05) is 18.2 Å². The van der Waals surface area contributed by atoms with Crippen LogP contribution in [0.4, 0.5) is 10.1 Å². The van der Waals surface area contributed by atoms with Gasteiger partial charge in [0.1, 0.15) is 5.82 Å². The van der Waals surface area contributed by atoms with Gasteiger partial charge in [-0.2, -0.15) is 0 Å². The predicted octanol–water partition coefficient (Wildman–Crippen LogP) is 3.80. The number of rotatable bonds is 5.